The van der Waals surface area contributed by atoms with Crippen LogP contribution in [-0.4, -0.2) is 54.0 Å². The van der Waals surface area contributed by atoms with Crippen LogP contribution in [0, 0.1) is 5.82 Å². The number of halogens is 2. The Hall–Kier alpha value is -1.73. The molecule has 34 heavy (non-hydrogen) atoms. The zero-order valence-electron chi connectivity index (χ0n) is 18.7. The lowest BCUT2D eigenvalue weighted by molar-refractivity contribution is -0.119. The molecule has 0 bridgehead atoms. The summed E-state index contributed by atoms with van der Waals surface area (Å²) in [6.07, 6.45) is 0.952. The molecule has 2 aliphatic heterocycles. The number of nitrogens with one attached hydrogen (secondary N) is 1. The smallest absolute Gasteiger partial charge is 0.242 e. The number of carbonyl (C=O) groups excluding carboxylic acids is 1. The third-order valence-corrected chi connectivity index (χ3v) is 10.4. The molecule has 0 radical (unpaired) electrons. The molecule has 1 fully saturated rings. The van der Waals surface area contributed by atoms with Gasteiger partial charge in [-0.3, -0.25) is 18.8 Å². The van der Waals surface area contributed by atoms with E-state index in [2.05, 4.69) is 4.72 Å². The molecule has 2 aliphatic rings. The average molecular weight is 532 g/mol. The monoisotopic (exact) mass is 531 g/mol. The van der Waals surface area contributed by atoms with E-state index in [1.54, 1.807) is 0 Å². The average Bonchev–Trinajstić information content (AvgIpc) is 2.73. The Bertz CT molecular complexity index is 1260. The first-order chi connectivity index (χ1) is 15.7. The molecule has 0 aromatic heterocycles. The molecular weight excluding hydrogens is 505 g/mol. The van der Waals surface area contributed by atoms with Crippen molar-refractivity contribution in [2.75, 3.05) is 19.6 Å². The van der Waals surface area contributed by atoms with Gasteiger partial charge >= 0.3 is 0 Å². The van der Waals surface area contributed by atoms with Gasteiger partial charge in [-0.05, 0) is 48.2 Å². The lowest BCUT2D eigenvalue weighted by Crippen LogP contribution is -2.46. The van der Waals surface area contributed by atoms with Gasteiger partial charge in [0.2, 0.25) is 15.9 Å². The van der Waals surface area contributed by atoms with Crippen molar-refractivity contribution in [1.29, 1.82) is 0 Å². The third kappa shape index (κ3) is 4.46. The second kappa shape index (κ2) is 8.74. The van der Waals surface area contributed by atoms with Gasteiger partial charge in [0.15, 0.2) is 0 Å². The van der Waals surface area contributed by atoms with E-state index in [4.69, 9.17) is 17.3 Å². The number of hydrogen-bond donors (Lipinski definition) is 4. The number of nitrogens with two attached hydrogens (primary N) is 1. The Kier molecular flexibility index (Phi) is 6.52. The number of likely N-dealkylation sites (tertiary alicyclic amines) is 1. The second-order valence-corrected chi connectivity index (χ2v) is 13.3. The molecule has 186 valence electrons. The largest absolute Gasteiger partial charge is 0.369 e. The molecule has 2 heterocycles. The van der Waals surface area contributed by atoms with E-state index in [1.165, 1.54) is 24.3 Å². The van der Waals surface area contributed by atoms with Crippen molar-refractivity contribution in [3.8, 4) is 0 Å². The maximum absolute atomic E-state index is 14.0. The Morgan fingerprint density at radius 1 is 1.21 bits per heavy atom. The number of fused-ring (bicyclic) bond motifs is 2. The Balaban J connectivity index is 1.69. The molecule has 0 saturated carbocycles. The van der Waals surface area contributed by atoms with E-state index in [-0.39, 0.29) is 32.3 Å². The Labute approximate surface area is 204 Å². The topological polar surface area (TPSA) is 133 Å². The van der Waals surface area contributed by atoms with Gasteiger partial charge in [-0.25, -0.2) is 17.5 Å². The van der Waals surface area contributed by atoms with E-state index in [0.29, 0.717) is 37.1 Å². The van der Waals surface area contributed by atoms with Gasteiger partial charge in [0.05, 0.1) is 21.4 Å². The molecule has 0 atom stereocenters. The van der Waals surface area contributed by atoms with Crippen LogP contribution in [0.4, 0.5) is 4.39 Å². The van der Waals surface area contributed by atoms with Crippen LogP contribution in [0.1, 0.15) is 37.8 Å². The minimum Gasteiger partial charge on any atom is -0.369 e. The zero-order chi connectivity index (χ0) is 25.1. The molecule has 0 spiro atoms. The summed E-state index contributed by atoms with van der Waals surface area (Å²) in [5.74, 6) is -1.06. The van der Waals surface area contributed by atoms with E-state index < -0.39 is 37.8 Å². The van der Waals surface area contributed by atoms with Gasteiger partial charge in [0, 0.05) is 24.5 Å². The lowest BCUT2D eigenvalue weighted by atomic mass is 9.77. The highest BCUT2D eigenvalue weighted by Gasteiger charge is 2.42. The van der Waals surface area contributed by atoms with Crippen molar-refractivity contribution in [3.05, 3.63) is 52.3 Å². The minimum absolute atomic E-state index is 0.0108. The van der Waals surface area contributed by atoms with Crippen LogP contribution in [0.15, 0.2) is 45.0 Å². The number of piperidine rings is 1. The predicted molar refractivity (Wildman–Crippen MR) is 128 cm³/mol. The van der Waals surface area contributed by atoms with Crippen molar-refractivity contribution in [3.63, 3.8) is 0 Å². The molecule has 4 rings (SSSR count). The van der Waals surface area contributed by atoms with E-state index in [0.717, 1.165) is 6.07 Å². The number of nitrogens with zero attached hydrogens (tertiary/aromatic N) is 1. The fourth-order valence-electron chi connectivity index (χ4n) is 4.69. The van der Waals surface area contributed by atoms with E-state index >= 15 is 0 Å². The highest BCUT2D eigenvalue weighted by molar-refractivity contribution is 8.24. The third-order valence-electron chi connectivity index (χ3n) is 6.52. The molecule has 5 N–H and O–H groups in total. The normalized spacial score (nSPS) is 20.9. The van der Waals surface area contributed by atoms with Crippen LogP contribution in [-0.2, 0) is 20.2 Å². The predicted octanol–water partition coefficient (Wildman–Crippen LogP) is 3.52. The molecule has 1 saturated heterocycles. The molecule has 1 amide bonds. The number of hydrogen-bond acceptors (Lipinski definition) is 6. The van der Waals surface area contributed by atoms with Crippen LogP contribution in [0.5, 0.6) is 0 Å². The molecule has 0 aliphatic carbocycles. The summed E-state index contributed by atoms with van der Waals surface area (Å²) in [6.45, 7) is 4.79. The summed E-state index contributed by atoms with van der Waals surface area (Å²) in [7, 11) is -7.80. The molecule has 8 nitrogen and oxygen atoms in total. The van der Waals surface area contributed by atoms with Gasteiger partial charge in [-0.2, -0.15) is 0 Å². The highest BCUT2D eigenvalue weighted by Crippen LogP contribution is 2.65. The van der Waals surface area contributed by atoms with Crippen molar-refractivity contribution < 1.29 is 26.7 Å². The quantitative estimate of drug-likeness (QED) is 0.466. The van der Waals surface area contributed by atoms with Crippen LogP contribution < -0.4 is 10.5 Å². The summed E-state index contributed by atoms with van der Waals surface area (Å²) in [5.41, 5.74) is 5.45. The fourth-order valence-corrected chi connectivity index (χ4v) is 8.67. The van der Waals surface area contributed by atoms with Crippen LogP contribution in [0.2, 0.25) is 5.02 Å². The lowest BCUT2D eigenvalue weighted by Gasteiger charge is -2.46. The number of primary amides is 1. The first-order valence-corrected chi connectivity index (χ1v) is 14.1. The minimum atomic E-state index is -4.11. The number of carbonyl (C=O) groups is 1. The van der Waals surface area contributed by atoms with Gasteiger partial charge in [0.25, 0.3) is 0 Å². The second-order valence-electron chi connectivity index (χ2n) is 9.23. The molecular formula is C22H27ClFN3O5S2. The number of benzene rings is 2. The summed E-state index contributed by atoms with van der Waals surface area (Å²) >= 11 is 6.42. The van der Waals surface area contributed by atoms with E-state index in [9.17, 15) is 26.7 Å². The van der Waals surface area contributed by atoms with Crippen molar-refractivity contribution in [2.24, 2.45) is 5.73 Å². The van der Waals surface area contributed by atoms with Gasteiger partial charge in [-0.1, -0.05) is 31.5 Å². The van der Waals surface area contributed by atoms with Crippen molar-refractivity contribution in [2.45, 2.75) is 52.8 Å². The SMILES string of the molecule is CC1(C)c2ccc(F)cc2S(O)(O)c2cc(S(=O)(=O)NC3CCN(CC(N)=O)CC3)c(Cl)cc21. The van der Waals surface area contributed by atoms with Crippen molar-refractivity contribution in [1.82, 2.24) is 9.62 Å². The number of rotatable bonds is 5. The Morgan fingerprint density at radius 2 is 1.82 bits per heavy atom. The summed E-state index contributed by atoms with van der Waals surface area (Å²) in [4.78, 5) is 12.7. The van der Waals surface area contributed by atoms with Crippen LogP contribution in [0.25, 0.3) is 0 Å². The van der Waals surface area contributed by atoms with Gasteiger partial charge in [0.1, 0.15) is 10.7 Å². The first kappa shape index (κ1) is 25.4. The first-order valence-electron chi connectivity index (χ1n) is 10.7. The highest BCUT2D eigenvalue weighted by atomic mass is 35.5. The summed E-state index contributed by atoms with van der Waals surface area (Å²) in [5, 5.41) is -0.0498. The van der Waals surface area contributed by atoms with Gasteiger partial charge < -0.3 is 5.73 Å². The maximum Gasteiger partial charge on any atom is 0.242 e. The zero-order valence-corrected chi connectivity index (χ0v) is 21.1. The summed E-state index contributed by atoms with van der Waals surface area (Å²) in [6, 6.07) is 6.09. The fraction of sp³-hybridized carbons (Fsp3) is 0.409. The molecule has 2 aromatic rings. The maximum atomic E-state index is 14.0. The van der Waals surface area contributed by atoms with Crippen molar-refractivity contribution >= 4 is 38.1 Å². The molecule has 12 heteroatoms. The van der Waals surface area contributed by atoms with Gasteiger partial charge in [-0.15, -0.1) is 10.6 Å². The summed E-state index contributed by atoms with van der Waals surface area (Å²) < 4.78 is 65.3. The molecule has 0 unspecified atom stereocenters. The standard InChI is InChI=1S/C22H27ClFN3O5S2/c1-22(2)15-4-3-13(24)9-18(15)33(29,30)19-11-20(17(23)10-16(19)22)34(31,32)26-14-5-7-27(8-6-14)12-21(25)28/h3-4,9-11,14,26,29-30H,5-8,12H2,1-2H3,(H2,25,28). The van der Waals surface area contributed by atoms with Crippen LogP contribution in [0.3, 0.4) is 0 Å². The number of sulfonamides is 1. The number of amides is 1. The Morgan fingerprint density at radius 3 is 2.44 bits per heavy atom. The molecule has 2 aromatic carbocycles. The van der Waals surface area contributed by atoms with E-state index in [1.807, 2.05) is 18.7 Å². The van der Waals surface area contributed by atoms with Crippen LogP contribution >= 0.6 is 22.2 Å².